The maximum atomic E-state index is 12.9. The van der Waals surface area contributed by atoms with Crippen molar-refractivity contribution < 1.29 is 13.2 Å². The third-order valence-corrected chi connectivity index (χ3v) is 3.22. The summed E-state index contributed by atoms with van der Waals surface area (Å²) in [7, 11) is 0. The molecule has 5 heteroatoms. The molecule has 0 saturated carbocycles. The van der Waals surface area contributed by atoms with Crippen LogP contribution >= 0.6 is 11.3 Å². The van der Waals surface area contributed by atoms with Crippen molar-refractivity contribution in [3.05, 3.63) is 58.3 Å². The van der Waals surface area contributed by atoms with Crippen LogP contribution < -0.4 is 0 Å². The third kappa shape index (κ3) is 3.20. The Morgan fingerprint density at radius 3 is 2.33 bits per heavy atom. The first-order chi connectivity index (χ1) is 8.57. The zero-order chi connectivity index (χ0) is 13.0. The maximum Gasteiger partial charge on any atom is 0.415 e. The molecule has 18 heavy (non-hydrogen) atoms. The summed E-state index contributed by atoms with van der Waals surface area (Å²) in [5.74, 6) is 0. The minimum absolute atomic E-state index is 0.203. The monoisotopic (exact) mass is 269 g/mol. The van der Waals surface area contributed by atoms with Crippen LogP contribution in [0.4, 0.5) is 13.2 Å². The summed E-state index contributed by atoms with van der Waals surface area (Å²) in [6.07, 6.45) is -3.10. The van der Waals surface area contributed by atoms with Gasteiger partial charge in [-0.1, -0.05) is 36.4 Å². The molecule has 2 aromatic rings. The Kier molecular flexibility index (Phi) is 3.81. The second kappa shape index (κ2) is 5.35. The minimum Gasteiger partial charge on any atom is -0.274 e. The van der Waals surface area contributed by atoms with E-state index in [4.69, 9.17) is 0 Å². The Labute approximate surface area is 107 Å². The third-order valence-electron chi connectivity index (χ3n) is 2.29. The SMILES string of the molecule is FC(F)(F)C(N=Cc1ccccc1)c1cccs1. The van der Waals surface area contributed by atoms with Crippen LogP contribution in [0.15, 0.2) is 52.8 Å². The highest BCUT2D eigenvalue weighted by Gasteiger charge is 2.41. The molecule has 1 aromatic carbocycles. The minimum atomic E-state index is -4.36. The van der Waals surface area contributed by atoms with Crippen molar-refractivity contribution in [2.75, 3.05) is 0 Å². The van der Waals surface area contributed by atoms with Gasteiger partial charge in [0.25, 0.3) is 0 Å². The molecular weight excluding hydrogens is 259 g/mol. The fourth-order valence-corrected chi connectivity index (χ4v) is 2.26. The Bertz CT molecular complexity index is 503. The van der Waals surface area contributed by atoms with Gasteiger partial charge in [-0.05, 0) is 17.0 Å². The molecule has 0 spiro atoms. The Morgan fingerprint density at radius 2 is 1.78 bits per heavy atom. The molecule has 94 valence electrons. The summed E-state index contributed by atoms with van der Waals surface area (Å²) < 4.78 is 38.6. The van der Waals surface area contributed by atoms with Crippen molar-refractivity contribution in [1.29, 1.82) is 0 Å². The number of halogens is 3. The first kappa shape index (κ1) is 12.8. The first-order valence-corrected chi connectivity index (χ1v) is 6.13. The van der Waals surface area contributed by atoms with Crippen LogP contribution in [0.1, 0.15) is 16.5 Å². The molecule has 0 bridgehead atoms. The van der Waals surface area contributed by atoms with Crippen LogP contribution in [0, 0.1) is 0 Å². The lowest BCUT2D eigenvalue weighted by atomic mass is 10.2. The standard InChI is InChI=1S/C13H10F3NS/c14-13(15,16)12(11-7-4-8-18-11)17-9-10-5-2-1-3-6-10/h1-9,12H. The normalized spacial score (nSPS) is 13.9. The average molecular weight is 269 g/mol. The van der Waals surface area contributed by atoms with Gasteiger partial charge in [0.2, 0.25) is 0 Å². The van der Waals surface area contributed by atoms with E-state index in [9.17, 15) is 13.2 Å². The predicted molar refractivity (Wildman–Crippen MR) is 67.2 cm³/mol. The van der Waals surface area contributed by atoms with Gasteiger partial charge in [0.1, 0.15) is 0 Å². The number of nitrogens with zero attached hydrogens (tertiary/aromatic N) is 1. The first-order valence-electron chi connectivity index (χ1n) is 5.26. The van der Waals surface area contributed by atoms with E-state index in [0.29, 0.717) is 5.56 Å². The molecule has 0 saturated heterocycles. The van der Waals surface area contributed by atoms with Gasteiger partial charge in [-0.15, -0.1) is 11.3 Å². The molecule has 0 aliphatic carbocycles. The van der Waals surface area contributed by atoms with E-state index >= 15 is 0 Å². The lowest BCUT2D eigenvalue weighted by Crippen LogP contribution is -2.18. The largest absolute Gasteiger partial charge is 0.415 e. The molecule has 0 radical (unpaired) electrons. The van der Waals surface area contributed by atoms with E-state index in [2.05, 4.69) is 4.99 Å². The van der Waals surface area contributed by atoms with E-state index in [1.165, 1.54) is 12.3 Å². The zero-order valence-corrected chi connectivity index (χ0v) is 10.1. The second-order valence-corrected chi connectivity index (χ2v) is 4.63. The highest BCUT2D eigenvalue weighted by Crippen LogP contribution is 2.37. The number of hydrogen-bond donors (Lipinski definition) is 0. The summed E-state index contributed by atoms with van der Waals surface area (Å²) in [6.45, 7) is 0. The quantitative estimate of drug-likeness (QED) is 0.729. The van der Waals surface area contributed by atoms with Crippen molar-refractivity contribution in [3.8, 4) is 0 Å². The summed E-state index contributed by atoms with van der Waals surface area (Å²) in [5, 5.41) is 1.62. The summed E-state index contributed by atoms with van der Waals surface area (Å²) in [6, 6.07) is 10.0. The summed E-state index contributed by atoms with van der Waals surface area (Å²) >= 11 is 1.06. The molecule has 1 heterocycles. The van der Waals surface area contributed by atoms with Crippen molar-refractivity contribution in [3.63, 3.8) is 0 Å². The van der Waals surface area contributed by atoms with E-state index < -0.39 is 12.2 Å². The fraction of sp³-hybridized carbons (Fsp3) is 0.154. The topological polar surface area (TPSA) is 12.4 Å². The zero-order valence-electron chi connectivity index (χ0n) is 9.26. The van der Waals surface area contributed by atoms with E-state index in [1.807, 2.05) is 0 Å². The predicted octanol–water partition coefficient (Wildman–Crippen LogP) is 4.47. The molecule has 2 rings (SSSR count). The molecule has 0 aliphatic heterocycles. The molecule has 1 nitrogen and oxygen atoms in total. The van der Waals surface area contributed by atoms with E-state index in [1.54, 1.807) is 41.8 Å². The van der Waals surface area contributed by atoms with Gasteiger partial charge < -0.3 is 0 Å². The second-order valence-electron chi connectivity index (χ2n) is 3.65. The van der Waals surface area contributed by atoms with Crippen LogP contribution in [0.2, 0.25) is 0 Å². The Balaban J connectivity index is 2.24. The highest BCUT2D eigenvalue weighted by molar-refractivity contribution is 7.10. The smallest absolute Gasteiger partial charge is 0.274 e. The maximum absolute atomic E-state index is 12.9. The van der Waals surface area contributed by atoms with Gasteiger partial charge in [0, 0.05) is 11.1 Å². The molecule has 1 unspecified atom stereocenters. The van der Waals surface area contributed by atoms with Crippen LogP contribution in [0.25, 0.3) is 0 Å². The number of alkyl halides is 3. The van der Waals surface area contributed by atoms with Crippen molar-refractivity contribution in [2.24, 2.45) is 4.99 Å². The van der Waals surface area contributed by atoms with Crippen LogP contribution in [0.5, 0.6) is 0 Å². The van der Waals surface area contributed by atoms with Crippen molar-refractivity contribution in [1.82, 2.24) is 0 Å². The Hall–Kier alpha value is -1.62. The van der Waals surface area contributed by atoms with Crippen LogP contribution in [-0.2, 0) is 0 Å². The lowest BCUT2D eigenvalue weighted by molar-refractivity contribution is -0.147. The van der Waals surface area contributed by atoms with E-state index in [-0.39, 0.29) is 4.88 Å². The van der Waals surface area contributed by atoms with Gasteiger partial charge in [-0.25, -0.2) is 0 Å². The van der Waals surface area contributed by atoms with Crippen molar-refractivity contribution in [2.45, 2.75) is 12.2 Å². The molecule has 0 amide bonds. The van der Waals surface area contributed by atoms with Gasteiger partial charge >= 0.3 is 6.18 Å². The average Bonchev–Trinajstić information content (AvgIpc) is 2.82. The van der Waals surface area contributed by atoms with Gasteiger partial charge in [-0.3, -0.25) is 4.99 Å². The number of hydrogen-bond acceptors (Lipinski definition) is 2. The molecule has 1 atom stereocenters. The fourth-order valence-electron chi connectivity index (χ4n) is 1.47. The summed E-state index contributed by atoms with van der Waals surface area (Å²) in [4.78, 5) is 3.87. The number of thiophene rings is 1. The van der Waals surface area contributed by atoms with Crippen LogP contribution in [-0.4, -0.2) is 12.4 Å². The number of aliphatic imine (C=N–C) groups is 1. The Morgan fingerprint density at radius 1 is 1.06 bits per heavy atom. The van der Waals surface area contributed by atoms with Gasteiger partial charge in [0.05, 0.1) is 0 Å². The van der Waals surface area contributed by atoms with E-state index in [0.717, 1.165) is 11.3 Å². The molecular formula is C13H10F3NS. The number of rotatable bonds is 3. The van der Waals surface area contributed by atoms with Gasteiger partial charge in [-0.2, -0.15) is 13.2 Å². The van der Waals surface area contributed by atoms with Crippen LogP contribution in [0.3, 0.4) is 0 Å². The molecule has 0 aliphatic rings. The molecule has 0 N–H and O–H groups in total. The van der Waals surface area contributed by atoms with Crippen molar-refractivity contribution >= 4 is 17.6 Å². The lowest BCUT2D eigenvalue weighted by Gasteiger charge is -2.14. The highest BCUT2D eigenvalue weighted by atomic mass is 32.1. The summed E-state index contributed by atoms with van der Waals surface area (Å²) in [5.41, 5.74) is 0.656. The number of benzene rings is 1. The van der Waals surface area contributed by atoms with Gasteiger partial charge in [0.15, 0.2) is 6.04 Å². The molecule has 0 fully saturated rings. The molecule has 1 aromatic heterocycles.